The van der Waals surface area contributed by atoms with Crippen LogP contribution >= 0.6 is 0 Å². The van der Waals surface area contributed by atoms with Gasteiger partial charge in [0.2, 0.25) is 11.8 Å². The minimum Gasteiger partial charge on any atom is -0.469 e. The standard InChI is InChI=1S/C13H22N2O4/c1-10(16)15-8-5-11(6-9-15)13(18)14-7-3-4-12(17)19-2/h11H,3-9H2,1-2H3,(H,14,18). The predicted molar refractivity (Wildman–Crippen MR) is 69.2 cm³/mol. The van der Waals surface area contributed by atoms with Crippen molar-refractivity contribution in [3.05, 3.63) is 0 Å². The van der Waals surface area contributed by atoms with Gasteiger partial charge in [0.15, 0.2) is 0 Å². The van der Waals surface area contributed by atoms with E-state index in [2.05, 4.69) is 10.1 Å². The maximum Gasteiger partial charge on any atom is 0.305 e. The molecule has 108 valence electrons. The van der Waals surface area contributed by atoms with Crippen molar-refractivity contribution in [1.29, 1.82) is 0 Å². The van der Waals surface area contributed by atoms with Gasteiger partial charge in [-0.25, -0.2) is 0 Å². The third-order valence-electron chi connectivity index (χ3n) is 3.40. The fraction of sp³-hybridized carbons (Fsp3) is 0.769. The molecule has 1 aliphatic heterocycles. The summed E-state index contributed by atoms with van der Waals surface area (Å²) in [6.45, 7) is 3.33. The van der Waals surface area contributed by atoms with Gasteiger partial charge in [-0.1, -0.05) is 0 Å². The Morgan fingerprint density at radius 3 is 2.42 bits per heavy atom. The quantitative estimate of drug-likeness (QED) is 0.576. The van der Waals surface area contributed by atoms with Crippen LogP contribution in [-0.4, -0.2) is 49.4 Å². The maximum atomic E-state index is 11.9. The van der Waals surface area contributed by atoms with Crippen LogP contribution in [0.5, 0.6) is 0 Å². The van der Waals surface area contributed by atoms with Crippen LogP contribution in [0, 0.1) is 5.92 Å². The second kappa shape index (κ2) is 7.76. The van der Waals surface area contributed by atoms with Crippen molar-refractivity contribution < 1.29 is 19.1 Å². The Balaban J connectivity index is 2.17. The Bertz CT molecular complexity index is 336. The molecule has 0 unspecified atom stereocenters. The van der Waals surface area contributed by atoms with E-state index >= 15 is 0 Å². The first-order valence-electron chi connectivity index (χ1n) is 6.64. The van der Waals surface area contributed by atoms with Crippen molar-refractivity contribution in [3.63, 3.8) is 0 Å². The first-order valence-corrected chi connectivity index (χ1v) is 6.64. The molecule has 0 aromatic carbocycles. The molecule has 6 heteroatoms. The normalized spacial score (nSPS) is 16.0. The molecule has 0 aromatic rings. The highest BCUT2D eigenvalue weighted by Crippen LogP contribution is 2.17. The number of hydrogen-bond acceptors (Lipinski definition) is 4. The van der Waals surface area contributed by atoms with E-state index in [9.17, 15) is 14.4 Å². The molecule has 1 rings (SSSR count). The number of carbonyl (C=O) groups excluding carboxylic acids is 3. The fourth-order valence-corrected chi connectivity index (χ4v) is 2.15. The van der Waals surface area contributed by atoms with Gasteiger partial charge >= 0.3 is 5.97 Å². The van der Waals surface area contributed by atoms with Crippen molar-refractivity contribution in [3.8, 4) is 0 Å². The molecular formula is C13H22N2O4. The molecule has 0 bridgehead atoms. The molecule has 0 aliphatic carbocycles. The zero-order valence-electron chi connectivity index (χ0n) is 11.6. The van der Waals surface area contributed by atoms with Crippen molar-refractivity contribution in [2.75, 3.05) is 26.7 Å². The number of piperidine rings is 1. The van der Waals surface area contributed by atoms with E-state index in [-0.39, 0.29) is 23.7 Å². The van der Waals surface area contributed by atoms with Crippen LogP contribution in [0.3, 0.4) is 0 Å². The second-order valence-corrected chi connectivity index (χ2v) is 4.75. The van der Waals surface area contributed by atoms with Gasteiger partial charge in [-0.15, -0.1) is 0 Å². The SMILES string of the molecule is COC(=O)CCCNC(=O)C1CCN(C(C)=O)CC1. The number of carbonyl (C=O) groups is 3. The third kappa shape index (κ3) is 5.28. The Kier molecular flexibility index (Phi) is 6.32. The van der Waals surface area contributed by atoms with Crippen molar-refractivity contribution in [2.24, 2.45) is 5.92 Å². The van der Waals surface area contributed by atoms with Gasteiger partial charge in [-0.05, 0) is 19.3 Å². The van der Waals surface area contributed by atoms with Gasteiger partial charge in [-0.2, -0.15) is 0 Å². The summed E-state index contributed by atoms with van der Waals surface area (Å²) in [4.78, 5) is 35.7. The summed E-state index contributed by atoms with van der Waals surface area (Å²) >= 11 is 0. The second-order valence-electron chi connectivity index (χ2n) is 4.75. The van der Waals surface area contributed by atoms with Crippen LogP contribution in [0.15, 0.2) is 0 Å². The lowest BCUT2D eigenvalue weighted by atomic mass is 9.96. The van der Waals surface area contributed by atoms with Gasteiger partial charge in [0.25, 0.3) is 0 Å². The molecule has 1 N–H and O–H groups in total. The molecule has 1 saturated heterocycles. The molecule has 2 amide bonds. The third-order valence-corrected chi connectivity index (χ3v) is 3.40. The first kappa shape index (κ1) is 15.5. The molecule has 6 nitrogen and oxygen atoms in total. The lowest BCUT2D eigenvalue weighted by Crippen LogP contribution is -2.42. The van der Waals surface area contributed by atoms with E-state index in [0.29, 0.717) is 45.3 Å². The molecule has 1 fully saturated rings. The van der Waals surface area contributed by atoms with Crippen LogP contribution < -0.4 is 5.32 Å². The lowest BCUT2D eigenvalue weighted by Gasteiger charge is -2.30. The number of hydrogen-bond donors (Lipinski definition) is 1. The fourth-order valence-electron chi connectivity index (χ4n) is 2.15. The zero-order chi connectivity index (χ0) is 14.3. The van der Waals surface area contributed by atoms with Crippen LogP contribution in [-0.2, 0) is 19.1 Å². The van der Waals surface area contributed by atoms with E-state index in [1.807, 2.05) is 0 Å². The van der Waals surface area contributed by atoms with E-state index in [1.54, 1.807) is 11.8 Å². The largest absolute Gasteiger partial charge is 0.469 e. The average molecular weight is 270 g/mol. The summed E-state index contributed by atoms with van der Waals surface area (Å²) in [6, 6.07) is 0. The van der Waals surface area contributed by atoms with Gasteiger partial charge < -0.3 is 15.0 Å². The molecule has 0 saturated carbocycles. The number of amides is 2. The summed E-state index contributed by atoms with van der Waals surface area (Å²) in [5, 5.41) is 2.83. The number of nitrogens with one attached hydrogen (secondary N) is 1. The van der Waals surface area contributed by atoms with Gasteiger partial charge in [-0.3, -0.25) is 14.4 Å². The molecule has 0 aromatic heterocycles. The molecule has 0 radical (unpaired) electrons. The van der Waals surface area contributed by atoms with E-state index in [0.717, 1.165) is 0 Å². The first-order chi connectivity index (χ1) is 9.04. The smallest absolute Gasteiger partial charge is 0.305 e. The van der Waals surface area contributed by atoms with E-state index < -0.39 is 0 Å². The minimum atomic E-state index is -0.260. The number of esters is 1. The molecule has 1 heterocycles. The molecule has 0 atom stereocenters. The van der Waals surface area contributed by atoms with Gasteiger partial charge in [0.05, 0.1) is 7.11 Å². The highest BCUT2D eigenvalue weighted by molar-refractivity contribution is 5.79. The average Bonchev–Trinajstić information content (AvgIpc) is 2.43. The van der Waals surface area contributed by atoms with Crippen molar-refractivity contribution in [1.82, 2.24) is 10.2 Å². The van der Waals surface area contributed by atoms with Gasteiger partial charge in [0, 0.05) is 38.9 Å². The summed E-state index contributed by atoms with van der Waals surface area (Å²) < 4.78 is 4.52. The number of rotatable bonds is 5. The monoisotopic (exact) mass is 270 g/mol. The highest BCUT2D eigenvalue weighted by Gasteiger charge is 2.25. The number of nitrogens with zero attached hydrogens (tertiary/aromatic N) is 1. The summed E-state index contributed by atoms with van der Waals surface area (Å²) in [5.41, 5.74) is 0. The topological polar surface area (TPSA) is 75.7 Å². The van der Waals surface area contributed by atoms with Crippen LogP contribution in [0.1, 0.15) is 32.6 Å². The zero-order valence-corrected chi connectivity index (χ0v) is 11.6. The minimum absolute atomic E-state index is 0.0197. The van der Waals surface area contributed by atoms with E-state index in [1.165, 1.54) is 7.11 Å². The van der Waals surface area contributed by atoms with Crippen LogP contribution in [0.4, 0.5) is 0 Å². The number of ether oxygens (including phenoxy) is 1. The maximum absolute atomic E-state index is 11.9. The summed E-state index contributed by atoms with van der Waals surface area (Å²) in [5.74, 6) is -0.192. The van der Waals surface area contributed by atoms with Gasteiger partial charge in [0.1, 0.15) is 0 Å². The van der Waals surface area contributed by atoms with Crippen LogP contribution in [0.2, 0.25) is 0 Å². The molecule has 19 heavy (non-hydrogen) atoms. The Morgan fingerprint density at radius 2 is 1.89 bits per heavy atom. The molecule has 1 aliphatic rings. The Labute approximate surface area is 113 Å². The summed E-state index contributed by atoms with van der Waals surface area (Å²) in [6.07, 6.45) is 2.33. The van der Waals surface area contributed by atoms with Crippen LogP contribution in [0.25, 0.3) is 0 Å². The lowest BCUT2D eigenvalue weighted by molar-refractivity contribution is -0.140. The Hall–Kier alpha value is -1.59. The Morgan fingerprint density at radius 1 is 1.26 bits per heavy atom. The predicted octanol–water partition coefficient (Wildman–Crippen LogP) is 0.314. The van der Waals surface area contributed by atoms with Crippen molar-refractivity contribution >= 4 is 17.8 Å². The highest BCUT2D eigenvalue weighted by atomic mass is 16.5. The number of methoxy groups -OCH3 is 1. The summed E-state index contributed by atoms with van der Waals surface area (Å²) in [7, 11) is 1.35. The van der Waals surface area contributed by atoms with Crippen molar-refractivity contribution in [2.45, 2.75) is 32.6 Å². The molecule has 0 spiro atoms. The number of likely N-dealkylation sites (tertiary alicyclic amines) is 1. The molecular weight excluding hydrogens is 248 g/mol. The van der Waals surface area contributed by atoms with E-state index in [4.69, 9.17) is 0 Å².